The fourth-order valence-electron chi connectivity index (χ4n) is 3.58. The monoisotopic (exact) mass is 575 g/mol. The molecule has 1 atom stereocenters. The van der Waals surface area contributed by atoms with Crippen molar-refractivity contribution in [3.63, 3.8) is 0 Å². The second-order valence-corrected chi connectivity index (χ2v) is 8.52. The molecule has 4 rings (SSSR count). The lowest BCUT2D eigenvalue weighted by Gasteiger charge is -2.15. The SMILES string of the molecule is NC(=O)c1nc(Cn2nc(-c3ccc(Cl)cc3)n(C[C@H](O)C(F)(F)F)c2=O)nn1-c1ccccc1C(F)(F)F. The number of aromatic nitrogens is 6. The number of para-hydroxylation sites is 1. The van der Waals surface area contributed by atoms with Crippen LogP contribution in [0.4, 0.5) is 26.3 Å². The van der Waals surface area contributed by atoms with Gasteiger partial charge in [0.1, 0.15) is 6.54 Å². The van der Waals surface area contributed by atoms with Crippen LogP contribution in [0, 0.1) is 0 Å². The first kappa shape index (κ1) is 27.8. The summed E-state index contributed by atoms with van der Waals surface area (Å²) in [6, 6.07) is 9.68. The molecule has 1 amide bonds. The predicted molar refractivity (Wildman–Crippen MR) is 123 cm³/mol. The Bertz CT molecular complexity index is 1570. The Hall–Kier alpha value is -4.18. The molecule has 0 aliphatic heterocycles. The molecule has 0 fully saturated rings. The van der Waals surface area contributed by atoms with Crippen molar-refractivity contribution in [1.29, 1.82) is 0 Å². The number of carbonyl (C=O) groups is 1. The van der Waals surface area contributed by atoms with Crippen LogP contribution < -0.4 is 11.4 Å². The lowest BCUT2D eigenvalue weighted by molar-refractivity contribution is -0.207. The highest BCUT2D eigenvalue weighted by molar-refractivity contribution is 6.30. The van der Waals surface area contributed by atoms with Crippen LogP contribution in [0.25, 0.3) is 17.1 Å². The van der Waals surface area contributed by atoms with Gasteiger partial charge in [-0.3, -0.25) is 9.36 Å². The molecule has 0 saturated heterocycles. The van der Waals surface area contributed by atoms with Crippen LogP contribution in [0.5, 0.6) is 0 Å². The summed E-state index contributed by atoms with van der Waals surface area (Å²) in [5.74, 6) is -2.61. The van der Waals surface area contributed by atoms with E-state index in [4.69, 9.17) is 17.3 Å². The Kier molecular flexibility index (Phi) is 7.27. The molecular weight excluding hydrogens is 560 g/mol. The van der Waals surface area contributed by atoms with E-state index in [0.717, 1.165) is 18.2 Å². The van der Waals surface area contributed by atoms with Crippen LogP contribution in [-0.4, -0.2) is 52.4 Å². The number of nitrogens with zero attached hydrogens (tertiary/aromatic N) is 6. The maximum Gasteiger partial charge on any atom is 0.418 e. The maximum atomic E-state index is 13.6. The fraction of sp³-hybridized carbons (Fsp3) is 0.227. The third-order valence-corrected chi connectivity index (χ3v) is 5.61. The fourth-order valence-corrected chi connectivity index (χ4v) is 3.70. The second-order valence-electron chi connectivity index (χ2n) is 8.08. The predicted octanol–water partition coefficient (Wildman–Crippen LogP) is 3.04. The van der Waals surface area contributed by atoms with Gasteiger partial charge in [0, 0.05) is 10.6 Å². The average molecular weight is 576 g/mol. The molecule has 0 saturated carbocycles. The van der Waals surface area contributed by atoms with Crippen LogP contribution in [0.2, 0.25) is 5.02 Å². The van der Waals surface area contributed by atoms with Gasteiger partial charge in [0.2, 0.25) is 5.82 Å². The van der Waals surface area contributed by atoms with Gasteiger partial charge in [-0.2, -0.15) is 26.3 Å². The molecule has 10 nitrogen and oxygen atoms in total. The van der Waals surface area contributed by atoms with Gasteiger partial charge in [-0.15, -0.1) is 10.2 Å². The van der Waals surface area contributed by atoms with Crippen molar-refractivity contribution < 1.29 is 36.2 Å². The zero-order valence-corrected chi connectivity index (χ0v) is 20.0. The highest BCUT2D eigenvalue weighted by atomic mass is 35.5. The Morgan fingerprint density at radius 2 is 1.67 bits per heavy atom. The molecule has 39 heavy (non-hydrogen) atoms. The molecule has 0 bridgehead atoms. The van der Waals surface area contributed by atoms with Gasteiger partial charge in [0.15, 0.2) is 17.8 Å². The molecule has 206 valence electrons. The molecule has 0 unspecified atom stereocenters. The molecule has 0 aliphatic rings. The Morgan fingerprint density at radius 3 is 2.26 bits per heavy atom. The maximum absolute atomic E-state index is 13.6. The molecular formula is C22H16ClF6N7O3. The van der Waals surface area contributed by atoms with E-state index in [1.165, 1.54) is 30.3 Å². The summed E-state index contributed by atoms with van der Waals surface area (Å²) in [7, 11) is 0. The summed E-state index contributed by atoms with van der Waals surface area (Å²) in [5.41, 5.74) is 2.59. The van der Waals surface area contributed by atoms with Gasteiger partial charge in [-0.25, -0.2) is 19.1 Å². The van der Waals surface area contributed by atoms with Crippen LogP contribution >= 0.6 is 11.6 Å². The van der Waals surface area contributed by atoms with Gasteiger partial charge < -0.3 is 10.8 Å². The largest absolute Gasteiger partial charge is 0.418 e. The third kappa shape index (κ3) is 5.80. The summed E-state index contributed by atoms with van der Waals surface area (Å²) >= 11 is 5.85. The molecule has 0 aliphatic carbocycles. The number of amides is 1. The zero-order chi connectivity index (χ0) is 28.7. The van der Waals surface area contributed by atoms with Crippen molar-refractivity contribution in [3.05, 3.63) is 81.3 Å². The standard InChI is InChI=1S/C22H16ClF6N7O3/c23-12-7-5-11(6-8-12)18-33-35(20(39)34(18)9-15(37)22(27,28)29)10-16-31-19(17(30)38)36(32-16)14-4-2-1-3-13(14)21(24,25)26/h1-8,15,37H,9-10H2,(H2,30,38)/t15-/m0/s1. The number of aliphatic hydroxyl groups is 1. The van der Waals surface area contributed by atoms with Crippen LogP contribution in [0.3, 0.4) is 0 Å². The minimum atomic E-state index is -5.05. The quantitative estimate of drug-likeness (QED) is 0.325. The third-order valence-electron chi connectivity index (χ3n) is 5.36. The zero-order valence-electron chi connectivity index (χ0n) is 19.3. The van der Waals surface area contributed by atoms with Crippen LogP contribution in [-0.2, 0) is 19.3 Å². The first-order chi connectivity index (χ1) is 18.2. The summed E-state index contributed by atoms with van der Waals surface area (Å²) in [4.78, 5) is 28.8. The van der Waals surface area contributed by atoms with Crippen LogP contribution in [0.1, 0.15) is 22.0 Å². The van der Waals surface area contributed by atoms with E-state index >= 15 is 0 Å². The second kappa shape index (κ2) is 10.2. The van der Waals surface area contributed by atoms with Crippen molar-refractivity contribution in [2.45, 2.75) is 31.5 Å². The van der Waals surface area contributed by atoms with Crippen molar-refractivity contribution in [2.24, 2.45) is 5.73 Å². The van der Waals surface area contributed by atoms with Crippen molar-refractivity contribution in [1.82, 2.24) is 29.1 Å². The number of halogens is 7. The normalized spacial score (nSPS) is 13.0. The van der Waals surface area contributed by atoms with E-state index in [1.807, 2.05) is 0 Å². The molecule has 0 radical (unpaired) electrons. The minimum absolute atomic E-state index is 0.167. The molecule has 2 aromatic carbocycles. The van der Waals surface area contributed by atoms with Crippen molar-refractivity contribution in [2.75, 3.05) is 0 Å². The highest BCUT2D eigenvalue weighted by Crippen LogP contribution is 2.34. The number of rotatable bonds is 7. The Morgan fingerprint density at radius 1 is 1.03 bits per heavy atom. The number of aliphatic hydroxyl groups excluding tert-OH is 1. The Labute approximate surface area is 218 Å². The topological polar surface area (TPSA) is 134 Å². The van der Waals surface area contributed by atoms with E-state index in [0.29, 0.717) is 13.9 Å². The van der Waals surface area contributed by atoms with E-state index in [1.54, 1.807) is 0 Å². The van der Waals surface area contributed by atoms with Crippen molar-refractivity contribution in [3.8, 4) is 17.1 Å². The number of hydrogen-bond donors (Lipinski definition) is 2. The molecule has 2 heterocycles. The van der Waals surface area contributed by atoms with E-state index in [-0.39, 0.29) is 16.4 Å². The lowest BCUT2D eigenvalue weighted by atomic mass is 10.1. The summed E-state index contributed by atoms with van der Waals surface area (Å²) < 4.78 is 81.5. The molecule has 4 aromatic rings. The van der Waals surface area contributed by atoms with Gasteiger partial charge in [-0.05, 0) is 36.4 Å². The smallest absolute Gasteiger partial charge is 0.382 e. The van der Waals surface area contributed by atoms with E-state index in [2.05, 4.69) is 15.2 Å². The van der Waals surface area contributed by atoms with Gasteiger partial charge >= 0.3 is 18.0 Å². The minimum Gasteiger partial charge on any atom is -0.382 e. The molecule has 17 heteroatoms. The summed E-state index contributed by atoms with van der Waals surface area (Å²) in [5, 5.41) is 17.8. The van der Waals surface area contributed by atoms with Crippen molar-refractivity contribution >= 4 is 17.5 Å². The van der Waals surface area contributed by atoms with E-state index < -0.39 is 66.0 Å². The van der Waals surface area contributed by atoms with Gasteiger partial charge in [-0.1, -0.05) is 23.7 Å². The number of alkyl halides is 6. The number of hydrogen-bond acceptors (Lipinski definition) is 6. The summed E-state index contributed by atoms with van der Waals surface area (Å²) in [6.07, 6.45) is -12.8. The number of nitrogens with two attached hydrogens (primary N) is 1. The van der Waals surface area contributed by atoms with E-state index in [9.17, 15) is 41.0 Å². The first-order valence-corrected chi connectivity index (χ1v) is 11.2. The first-order valence-electron chi connectivity index (χ1n) is 10.8. The average Bonchev–Trinajstić information content (AvgIpc) is 3.41. The van der Waals surface area contributed by atoms with Gasteiger partial charge in [0.25, 0.3) is 5.91 Å². The Balaban J connectivity index is 1.81. The highest BCUT2D eigenvalue weighted by Gasteiger charge is 2.39. The molecule has 3 N–H and O–H groups in total. The molecule has 0 spiro atoms. The molecule has 2 aromatic heterocycles. The lowest BCUT2D eigenvalue weighted by Crippen LogP contribution is -2.37. The summed E-state index contributed by atoms with van der Waals surface area (Å²) in [6.45, 7) is -1.89. The number of benzene rings is 2. The van der Waals surface area contributed by atoms with Gasteiger partial charge in [0.05, 0.1) is 17.8 Å². The number of primary amides is 1. The number of carbonyl (C=O) groups excluding carboxylic acids is 1. The van der Waals surface area contributed by atoms with Crippen LogP contribution in [0.15, 0.2) is 53.3 Å².